The van der Waals surface area contributed by atoms with Crippen molar-refractivity contribution in [2.24, 2.45) is 5.10 Å². The van der Waals surface area contributed by atoms with Gasteiger partial charge in [-0.1, -0.05) is 0 Å². The van der Waals surface area contributed by atoms with Crippen LogP contribution in [0.5, 0.6) is 11.5 Å². The number of hydrazone groups is 1. The maximum atomic E-state index is 11.8. The summed E-state index contributed by atoms with van der Waals surface area (Å²) < 4.78 is 11.5. The topological polar surface area (TPSA) is 72.0 Å². The molecule has 2 aromatic carbocycles. The fraction of sp³-hybridized carbons (Fsp3) is 0.176. The molecule has 126 valence electrons. The predicted octanol–water partition coefficient (Wildman–Crippen LogP) is 2.87. The third-order valence-corrected chi connectivity index (χ3v) is 3.83. The molecule has 2 rings (SSSR count). The second-order valence-corrected chi connectivity index (χ2v) is 6.01. The van der Waals surface area contributed by atoms with Crippen LogP contribution in [-0.4, -0.2) is 32.9 Å². The van der Waals surface area contributed by atoms with E-state index in [-0.39, 0.29) is 12.5 Å². The summed E-state index contributed by atoms with van der Waals surface area (Å²) in [6.07, 6.45) is 1.55. The molecule has 0 radical (unpaired) electrons. The number of methoxy groups -OCH3 is 2. The Hall–Kier alpha value is -2.29. The third kappa shape index (κ3) is 5.41. The molecule has 1 amide bonds. The van der Waals surface area contributed by atoms with Gasteiger partial charge in [-0.05, 0) is 70.6 Å². The van der Waals surface area contributed by atoms with Gasteiger partial charge in [0.1, 0.15) is 0 Å². The van der Waals surface area contributed by atoms with Crippen molar-refractivity contribution in [3.05, 3.63) is 51.6 Å². The lowest BCUT2D eigenvalue weighted by molar-refractivity contribution is -0.119. The van der Waals surface area contributed by atoms with Crippen molar-refractivity contribution in [2.45, 2.75) is 0 Å². The van der Waals surface area contributed by atoms with Gasteiger partial charge in [0.2, 0.25) is 0 Å². The molecule has 0 saturated carbocycles. The number of carbonyl (C=O) groups is 1. The Bertz CT molecular complexity index is 718. The number of carbonyl (C=O) groups excluding carboxylic acids is 1. The maximum Gasteiger partial charge on any atom is 0.259 e. The van der Waals surface area contributed by atoms with E-state index in [1.54, 1.807) is 32.6 Å². The minimum absolute atomic E-state index is 0.143. The van der Waals surface area contributed by atoms with E-state index >= 15 is 0 Å². The SMILES string of the molecule is COc1ccc(C=NNC(=O)CNc2ccc(I)cc2)cc1OC. The Morgan fingerprint density at radius 1 is 1.12 bits per heavy atom. The Morgan fingerprint density at radius 2 is 1.83 bits per heavy atom. The van der Waals surface area contributed by atoms with Gasteiger partial charge in [0.25, 0.3) is 5.91 Å². The van der Waals surface area contributed by atoms with Crippen molar-refractivity contribution < 1.29 is 14.3 Å². The number of halogens is 1. The molecule has 0 aliphatic rings. The summed E-state index contributed by atoms with van der Waals surface area (Å²) in [5.41, 5.74) is 4.15. The standard InChI is InChI=1S/C17H18IN3O3/c1-23-15-8-3-12(9-16(15)24-2)10-20-21-17(22)11-19-14-6-4-13(18)5-7-14/h3-10,19H,11H2,1-2H3,(H,21,22). The first-order valence-corrected chi connectivity index (χ1v) is 8.23. The minimum atomic E-state index is -0.231. The van der Waals surface area contributed by atoms with Gasteiger partial charge in [0.15, 0.2) is 11.5 Å². The quantitative estimate of drug-likeness (QED) is 0.396. The van der Waals surface area contributed by atoms with Gasteiger partial charge in [0, 0.05) is 9.26 Å². The molecule has 0 saturated heterocycles. The molecule has 2 N–H and O–H groups in total. The number of amides is 1. The van der Waals surface area contributed by atoms with Gasteiger partial charge >= 0.3 is 0 Å². The van der Waals surface area contributed by atoms with Gasteiger partial charge in [-0.25, -0.2) is 5.43 Å². The Labute approximate surface area is 154 Å². The molecule has 0 heterocycles. The molecule has 0 spiro atoms. The lowest BCUT2D eigenvalue weighted by Crippen LogP contribution is -2.25. The summed E-state index contributed by atoms with van der Waals surface area (Å²) >= 11 is 2.23. The molecule has 0 fully saturated rings. The van der Waals surface area contributed by atoms with Crippen LogP contribution >= 0.6 is 22.6 Å². The van der Waals surface area contributed by atoms with Crippen molar-refractivity contribution in [3.8, 4) is 11.5 Å². The zero-order valence-electron chi connectivity index (χ0n) is 13.4. The summed E-state index contributed by atoms with van der Waals surface area (Å²) in [6, 6.07) is 13.1. The van der Waals surface area contributed by atoms with Crippen molar-refractivity contribution >= 4 is 40.4 Å². The summed E-state index contributed by atoms with van der Waals surface area (Å²) in [4.78, 5) is 11.8. The van der Waals surface area contributed by atoms with Crippen LogP contribution in [0.1, 0.15) is 5.56 Å². The highest BCUT2D eigenvalue weighted by atomic mass is 127. The molecule has 0 unspecified atom stereocenters. The van der Waals surface area contributed by atoms with Crippen LogP contribution < -0.4 is 20.2 Å². The van der Waals surface area contributed by atoms with E-state index in [2.05, 4.69) is 38.4 Å². The normalized spacial score (nSPS) is 10.5. The molecule has 24 heavy (non-hydrogen) atoms. The van der Waals surface area contributed by atoms with Crippen LogP contribution in [0.4, 0.5) is 5.69 Å². The molecule has 0 atom stereocenters. The fourth-order valence-corrected chi connectivity index (χ4v) is 2.26. The number of rotatable bonds is 7. The van der Waals surface area contributed by atoms with Crippen molar-refractivity contribution in [1.29, 1.82) is 0 Å². The van der Waals surface area contributed by atoms with E-state index < -0.39 is 0 Å². The zero-order chi connectivity index (χ0) is 17.4. The molecule has 2 aromatic rings. The fourth-order valence-electron chi connectivity index (χ4n) is 1.90. The molecule has 6 nitrogen and oxygen atoms in total. The van der Waals surface area contributed by atoms with Crippen LogP contribution in [-0.2, 0) is 4.79 Å². The number of nitrogens with zero attached hydrogens (tertiary/aromatic N) is 1. The van der Waals surface area contributed by atoms with E-state index in [9.17, 15) is 4.79 Å². The maximum absolute atomic E-state index is 11.8. The Kier molecular flexibility index (Phi) is 6.86. The van der Waals surface area contributed by atoms with Gasteiger partial charge in [0.05, 0.1) is 27.0 Å². The van der Waals surface area contributed by atoms with Crippen LogP contribution in [0.2, 0.25) is 0 Å². The molecule has 0 aliphatic carbocycles. The average molecular weight is 439 g/mol. The van der Waals surface area contributed by atoms with E-state index in [1.165, 1.54) is 0 Å². The number of benzene rings is 2. The smallest absolute Gasteiger partial charge is 0.259 e. The van der Waals surface area contributed by atoms with Gasteiger partial charge in [-0.3, -0.25) is 4.79 Å². The molecular formula is C17H18IN3O3. The van der Waals surface area contributed by atoms with E-state index in [0.717, 1.165) is 14.8 Å². The predicted molar refractivity (Wildman–Crippen MR) is 103 cm³/mol. The lowest BCUT2D eigenvalue weighted by Gasteiger charge is -2.07. The number of hydrogen-bond donors (Lipinski definition) is 2. The first kappa shape index (κ1) is 18.1. The minimum Gasteiger partial charge on any atom is -0.493 e. The summed E-state index contributed by atoms with van der Waals surface area (Å²) in [5, 5.41) is 6.96. The van der Waals surface area contributed by atoms with E-state index in [1.807, 2.05) is 30.3 Å². The highest BCUT2D eigenvalue weighted by Gasteiger charge is 2.03. The first-order valence-electron chi connectivity index (χ1n) is 7.15. The number of nitrogens with one attached hydrogen (secondary N) is 2. The van der Waals surface area contributed by atoms with Crippen molar-refractivity contribution in [1.82, 2.24) is 5.43 Å². The molecular weight excluding hydrogens is 421 g/mol. The molecule has 0 aromatic heterocycles. The summed E-state index contributed by atoms with van der Waals surface area (Å²) in [7, 11) is 3.14. The second-order valence-electron chi connectivity index (χ2n) is 4.77. The monoisotopic (exact) mass is 439 g/mol. The average Bonchev–Trinajstić information content (AvgIpc) is 2.61. The largest absolute Gasteiger partial charge is 0.493 e. The highest BCUT2D eigenvalue weighted by Crippen LogP contribution is 2.26. The van der Waals surface area contributed by atoms with Crippen LogP contribution in [0, 0.1) is 3.57 Å². The van der Waals surface area contributed by atoms with Crippen LogP contribution in [0.15, 0.2) is 47.6 Å². The third-order valence-electron chi connectivity index (χ3n) is 3.11. The highest BCUT2D eigenvalue weighted by molar-refractivity contribution is 14.1. The van der Waals surface area contributed by atoms with E-state index in [4.69, 9.17) is 9.47 Å². The molecule has 7 heteroatoms. The number of hydrogen-bond acceptors (Lipinski definition) is 5. The zero-order valence-corrected chi connectivity index (χ0v) is 15.5. The Balaban J connectivity index is 1.84. The Morgan fingerprint density at radius 3 is 2.50 bits per heavy atom. The van der Waals surface area contributed by atoms with Gasteiger partial charge in [-0.2, -0.15) is 5.10 Å². The second kappa shape index (κ2) is 9.11. The number of ether oxygens (including phenoxy) is 2. The summed E-state index contributed by atoms with van der Waals surface area (Å²) in [6.45, 7) is 0.143. The van der Waals surface area contributed by atoms with E-state index in [0.29, 0.717) is 11.5 Å². The van der Waals surface area contributed by atoms with Gasteiger partial charge < -0.3 is 14.8 Å². The molecule has 0 bridgehead atoms. The summed E-state index contributed by atoms with van der Waals surface area (Å²) in [5.74, 6) is 1.01. The van der Waals surface area contributed by atoms with Crippen LogP contribution in [0.25, 0.3) is 0 Å². The lowest BCUT2D eigenvalue weighted by atomic mass is 10.2. The van der Waals surface area contributed by atoms with Gasteiger partial charge in [-0.15, -0.1) is 0 Å². The van der Waals surface area contributed by atoms with Crippen molar-refractivity contribution in [2.75, 3.05) is 26.1 Å². The first-order chi connectivity index (χ1) is 11.6. The number of anilines is 1. The molecule has 0 aliphatic heterocycles. The van der Waals surface area contributed by atoms with Crippen LogP contribution in [0.3, 0.4) is 0 Å². The van der Waals surface area contributed by atoms with Crippen molar-refractivity contribution in [3.63, 3.8) is 0 Å².